The molecule has 0 amide bonds. The largest absolute Gasteiger partial charge is 0.478 e. The maximum absolute atomic E-state index is 12.4. The van der Waals surface area contributed by atoms with Crippen LogP contribution in [0, 0.1) is 5.92 Å². The van der Waals surface area contributed by atoms with Crippen molar-refractivity contribution in [2.75, 3.05) is 13.1 Å². The number of carboxylic acids is 1. The first kappa shape index (κ1) is 16.2. The van der Waals surface area contributed by atoms with Gasteiger partial charge in [-0.3, -0.25) is 0 Å². The Morgan fingerprint density at radius 1 is 1.38 bits per heavy atom. The molecule has 0 atom stereocenters. The van der Waals surface area contributed by atoms with Crippen molar-refractivity contribution in [1.29, 1.82) is 0 Å². The molecule has 21 heavy (non-hydrogen) atoms. The topological polar surface area (TPSA) is 94.9 Å². The Hall–Kier alpha value is -1.15. The Bertz CT molecular complexity index is 680. The number of hydrogen-bond donors (Lipinski definition) is 2. The zero-order valence-electron chi connectivity index (χ0n) is 11.6. The summed E-state index contributed by atoms with van der Waals surface area (Å²) in [4.78, 5) is 10.9. The van der Waals surface area contributed by atoms with E-state index in [0.717, 1.165) is 10.4 Å². The Kier molecular flexibility index (Phi) is 4.05. The van der Waals surface area contributed by atoms with Gasteiger partial charge in [-0.2, -0.15) is 4.31 Å². The van der Waals surface area contributed by atoms with E-state index in [1.54, 1.807) is 0 Å². The van der Waals surface area contributed by atoms with E-state index in [0.29, 0.717) is 0 Å². The van der Waals surface area contributed by atoms with E-state index in [-0.39, 0.29) is 34.5 Å². The number of rotatable bonds is 4. The summed E-state index contributed by atoms with van der Waals surface area (Å²) >= 11 is 5.73. The third-order valence-electron chi connectivity index (χ3n) is 3.78. The molecule has 1 aliphatic rings. The fourth-order valence-corrected chi connectivity index (χ4v) is 3.87. The van der Waals surface area contributed by atoms with Crippen molar-refractivity contribution in [3.8, 4) is 0 Å². The minimum atomic E-state index is -3.83. The maximum atomic E-state index is 12.4. The van der Waals surface area contributed by atoms with Crippen LogP contribution in [0.2, 0.25) is 5.02 Å². The highest BCUT2D eigenvalue weighted by atomic mass is 35.5. The summed E-state index contributed by atoms with van der Waals surface area (Å²) in [7, 11) is -3.83. The SMILES string of the molecule is CC(C)C1(O)CN(S(=O)(=O)c2ccc(Cl)c(C(=O)O)c2)C1. The van der Waals surface area contributed by atoms with Crippen LogP contribution >= 0.6 is 11.6 Å². The van der Waals surface area contributed by atoms with Gasteiger partial charge in [0, 0.05) is 13.1 Å². The van der Waals surface area contributed by atoms with Gasteiger partial charge in [-0.1, -0.05) is 25.4 Å². The molecule has 0 spiro atoms. The summed E-state index contributed by atoms with van der Waals surface area (Å²) in [5.74, 6) is -1.36. The fourth-order valence-electron chi connectivity index (χ4n) is 2.08. The summed E-state index contributed by atoms with van der Waals surface area (Å²) in [6, 6.07) is 3.54. The standard InChI is InChI=1S/C13H16ClNO5S/c1-8(2)13(18)6-15(7-13)21(19,20)9-3-4-11(14)10(5-9)12(16)17/h3-5,8,18H,6-7H2,1-2H3,(H,16,17). The minimum Gasteiger partial charge on any atom is -0.478 e. The van der Waals surface area contributed by atoms with Crippen LogP contribution in [0.4, 0.5) is 0 Å². The van der Waals surface area contributed by atoms with Gasteiger partial charge in [-0.15, -0.1) is 0 Å². The molecule has 1 aromatic rings. The van der Waals surface area contributed by atoms with Gasteiger partial charge in [0.15, 0.2) is 0 Å². The van der Waals surface area contributed by atoms with Gasteiger partial charge in [0.25, 0.3) is 0 Å². The first-order chi connectivity index (χ1) is 9.58. The highest BCUT2D eigenvalue weighted by Gasteiger charge is 2.49. The van der Waals surface area contributed by atoms with Gasteiger partial charge in [-0.05, 0) is 24.1 Å². The molecule has 2 rings (SSSR count). The molecular formula is C13H16ClNO5S. The fraction of sp³-hybridized carbons (Fsp3) is 0.462. The first-order valence-corrected chi connectivity index (χ1v) is 8.15. The van der Waals surface area contributed by atoms with Gasteiger partial charge in [0.1, 0.15) is 0 Å². The zero-order valence-corrected chi connectivity index (χ0v) is 13.1. The van der Waals surface area contributed by atoms with Crippen molar-refractivity contribution >= 4 is 27.6 Å². The van der Waals surface area contributed by atoms with Crippen molar-refractivity contribution in [2.45, 2.75) is 24.3 Å². The Labute approximate surface area is 128 Å². The molecule has 1 aromatic carbocycles. The second kappa shape index (κ2) is 5.24. The summed E-state index contributed by atoms with van der Waals surface area (Å²) in [5, 5.41) is 19.1. The lowest BCUT2D eigenvalue weighted by molar-refractivity contribution is -0.0932. The predicted octanol–water partition coefficient (Wildman–Crippen LogP) is 1.43. The number of carboxylic acid groups (broad SMARTS) is 1. The van der Waals surface area contributed by atoms with Gasteiger partial charge in [-0.25, -0.2) is 13.2 Å². The predicted molar refractivity (Wildman–Crippen MR) is 77.0 cm³/mol. The average molecular weight is 334 g/mol. The number of halogens is 1. The lowest BCUT2D eigenvalue weighted by Crippen LogP contribution is -2.65. The minimum absolute atomic E-state index is 0.00195. The monoisotopic (exact) mass is 333 g/mol. The highest BCUT2D eigenvalue weighted by molar-refractivity contribution is 7.89. The van der Waals surface area contributed by atoms with Crippen molar-refractivity contribution < 1.29 is 23.4 Å². The number of β-amino-alcohol motifs (C(OH)–C–C–N with tert-alkyl or cyclic N) is 1. The number of carbonyl (C=O) groups is 1. The second-order valence-corrected chi connectivity index (χ2v) is 7.82. The molecule has 116 valence electrons. The van der Waals surface area contributed by atoms with E-state index in [1.807, 2.05) is 13.8 Å². The van der Waals surface area contributed by atoms with Crippen LogP contribution in [0.5, 0.6) is 0 Å². The van der Waals surface area contributed by atoms with E-state index in [9.17, 15) is 18.3 Å². The highest BCUT2D eigenvalue weighted by Crippen LogP contribution is 2.33. The first-order valence-electron chi connectivity index (χ1n) is 6.33. The maximum Gasteiger partial charge on any atom is 0.337 e. The zero-order chi connectivity index (χ0) is 16.0. The van der Waals surface area contributed by atoms with Crippen LogP contribution in [0.15, 0.2) is 23.1 Å². The van der Waals surface area contributed by atoms with Crippen molar-refractivity contribution in [3.63, 3.8) is 0 Å². The molecule has 0 bridgehead atoms. The molecular weight excluding hydrogens is 318 g/mol. The molecule has 2 N–H and O–H groups in total. The normalized spacial score (nSPS) is 18.5. The summed E-state index contributed by atoms with van der Waals surface area (Å²) in [6.07, 6.45) is 0. The van der Waals surface area contributed by atoms with Crippen molar-refractivity contribution in [2.24, 2.45) is 5.92 Å². The lowest BCUT2D eigenvalue weighted by atomic mass is 9.85. The summed E-state index contributed by atoms with van der Waals surface area (Å²) < 4.78 is 25.9. The Morgan fingerprint density at radius 3 is 2.43 bits per heavy atom. The van der Waals surface area contributed by atoms with Crippen molar-refractivity contribution in [1.82, 2.24) is 4.31 Å². The van der Waals surface area contributed by atoms with Crippen LogP contribution in [-0.2, 0) is 10.0 Å². The van der Waals surface area contributed by atoms with E-state index in [4.69, 9.17) is 16.7 Å². The number of nitrogens with zero attached hydrogens (tertiary/aromatic N) is 1. The molecule has 0 aliphatic carbocycles. The molecule has 1 aliphatic heterocycles. The molecule has 0 aromatic heterocycles. The molecule has 0 unspecified atom stereocenters. The van der Waals surface area contributed by atoms with Crippen LogP contribution in [-0.4, -0.2) is 47.6 Å². The van der Waals surface area contributed by atoms with Crippen LogP contribution < -0.4 is 0 Å². The third kappa shape index (κ3) is 2.78. The number of benzene rings is 1. The smallest absolute Gasteiger partial charge is 0.337 e. The number of sulfonamides is 1. The molecule has 1 saturated heterocycles. The van der Waals surface area contributed by atoms with E-state index in [2.05, 4.69) is 0 Å². The lowest BCUT2D eigenvalue weighted by Gasteiger charge is -2.47. The van der Waals surface area contributed by atoms with Crippen LogP contribution in [0.25, 0.3) is 0 Å². The number of aliphatic hydroxyl groups is 1. The third-order valence-corrected chi connectivity index (χ3v) is 5.90. The van der Waals surface area contributed by atoms with Crippen LogP contribution in [0.3, 0.4) is 0 Å². The van der Waals surface area contributed by atoms with Gasteiger partial charge in [0.05, 0.1) is 21.1 Å². The number of aromatic carboxylic acids is 1. The number of hydrogen-bond acceptors (Lipinski definition) is 4. The van der Waals surface area contributed by atoms with Crippen LogP contribution in [0.1, 0.15) is 24.2 Å². The molecule has 1 heterocycles. The van der Waals surface area contributed by atoms with Gasteiger partial charge < -0.3 is 10.2 Å². The van der Waals surface area contributed by atoms with Gasteiger partial charge >= 0.3 is 5.97 Å². The Balaban J connectivity index is 2.30. The molecule has 6 nitrogen and oxygen atoms in total. The quantitative estimate of drug-likeness (QED) is 0.869. The van der Waals surface area contributed by atoms with E-state index < -0.39 is 21.6 Å². The van der Waals surface area contributed by atoms with E-state index >= 15 is 0 Å². The second-order valence-electron chi connectivity index (χ2n) is 5.48. The van der Waals surface area contributed by atoms with Gasteiger partial charge in [0.2, 0.25) is 10.0 Å². The summed E-state index contributed by atoms with van der Waals surface area (Å²) in [5.41, 5.74) is -1.30. The molecule has 8 heteroatoms. The van der Waals surface area contributed by atoms with E-state index in [1.165, 1.54) is 12.1 Å². The molecule has 0 radical (unpaired) electrons. The average Bonchev–Trinajstić information content (AvgIpc) is 2.34. The Morgan fingerprint density at radius 2 is 1.95 bits per heavy atom. The summed E-state index contributed by atoms with van der Waals surface area (Å²) in [6.45, 7) is 3.62. The molecule has 0 saturated carbocycles. The molecule has 1 fully saturated rings. The van der Waals surface area contributed by atoms with Crippen molar-refractivity contribution in [3.05, 3.63) is 28.8 Å².